The minimum absolute atomic E-state index is 0. The maximum absolute atomic E-state index is 13.4. The van der Waals surface area contributed by atoms with Crippen LogP contribution in [-0.2, 0) is 13.5 Å². The fourth-order valence-corrected chi connectivity index (χ4v) is 1.69. The van der Waals surface area contributed by atoms with Crippen LogP contribution >= 0.6 is 0 Å². The Morgan fingerprint density at radius 3 is 2.50 bits per heavy atom. The second kappa shape index (κ2) is 6.58. The van der Waals surface area contributed by atoms with E-state index in [-0.39, 0.29) is 41.7 Å². The molecule has 4 heteroatoms. The van der Waals surface area contributed by atoms with Crippen LogP contribution in [0.3, 0.4) is 0 Å². The first-order chi connectivity index (χ1) is 8.18. The van der Waals surface area contributed by atoms with Gasteiger partial charge in [-0.25, -0.2) is 8.96 Å². The normalized spacial score (nSPS) is 9.67. The SMILES string of the molecule is C[n+]1ccccc1CC(=O)c1ccccc1F.[I-]. The number of hydrogen-bond acceptors (Lipinski definition) is 1. The van der Waals surface area contributed by atoms with Crippen molar-refractivity contribution in [1.29, 1.82) is 0 Å². The lowest BCUT2D eigenvalue weighted by Gasteiger charge is -2.01. The van der Waals surface area contributed by atoms with Gasteiger partial charge in [-0.2, -0.15) is 0 Å². The molecule has 1 aromatic carbocycles. The van der Waals surface area contributed by atoms with E-state index in [0.717, 1.165) is 5.69 Å². The minimum atomic E-state index is -0.462. The molecular formula is C14H13FINO. The highest BCUT2D eigenvalue weighted by Gasteiger charge is 2.15. The maximum Gasteiger partial charge on any atom is 0.188 e. The first-order valence-electron chi connectivity index (χ1n) is 5.40. The quantitative estimate of drug-likeness (QED) is 0.396. The third-order valence-electron chi connectivity index (χ3n) is 2.68. The Bertz CT molecular complexity index is 557. The van der Waals surface area contributed by atoms with Crippen LogP contribution in [0.15, 0.2) is 48.7 Å². The van der Waals surface area contributed by atoms with Crippen molar-refractivity contribution >= 4 is 5.78 Å². The van der Waals surface area contributed by atoms with Crippen molar-refractivity contribution < 1.29 is 37.7 Å². The molecule has 0 aliphatic heterocycles. The molecule has 0 radical (unpaired) electrons. The molecule has 0 saturated carbocycles. The Morgan fingerprint density at radius 1 is 1.17 bits per heavy atom. The van der Waals surface area contributed by atoms with Gasteiger partial charge in [0.05, 0.1) is 12.0 Å². The van der Waals surface area contributed by atoms with Crippen molar-refractivity contribution in [2.24, 2.45) is 7.05 Å². The number of aromatic nitrogens is 1. The number of ketones is 1. The van der Waals surface area contributed by atoms with Gasteiger partial charge in [0.1, 0.15) is 12.9 Å². The summed E-state index contributed by atoms with van der Waals surface area (Å²) in [5.74, 6) is -0.666. The van der Waals surface area contributed by atoms with Crippen LogP contribution in [0, 0.1) is 5.82 Å². The van der Waals surface area contributed by atoms with Crippen molar-refractivity contribution in [2.75, 3.05) is 0 Å². The predicted molar refractivity (Wildman–Crippen MR) is 62.1 cm³/mol. The minimum Gasteiger partial charge on any atom is -1.00 e. The third kappa shape index (κ3) is 3.35. The summed E-state index contributed by atoms with van der Waals surface area (Å²) in [6, 6.07) is 11.7. The zero-order valence-electron chi connectivity index (χ0n) is 9.94. The number of halogens is 2. The van der Waals surface area contributed by atoms with Crippen LogP contribution in [-0.4, -0.2) is 5.78 Å². The molecule has 2 nitrogen and oxygen atoms in total. The third-order valence-corrected chi connectivity index (χ3v) is 2.68. The van der Waals surface area contributed by atoms with Crippen molar-refractivity contribution in [3.8, 4) is 0 Å². The molecule has 0 fully saturated rings. The lowest BCUT2D eigenvalue weighted by molar-refractivity contribution is -0.678. The number of aryl methyl sites for hydroxylation is 1. The summed E-state index contributed by atoms with van der Waals surface area (Å²) < 4.78 is 15.3. The zero-order valence-corrected chi connectivity index (χ0v) is 12.1. The molecule has 0 spiro atoms. The van der Waals surface area contributed by atoms with Crippen LogP contribution in [0.4, 0.5) is 4.39 Å². The summed E-state index contributed by atoms with van der Waals surface area (Å²) in [6.45, 7) is 0. The van der Waals surface area contributed by atoms with Crippen LogP contribution in [0.1, 0.15) is 16.1 Å². The van der Waals surface area contributed by atoms with Gasteiger partial charge < -0.3 is 24.0 Å². The van der Waals surface area contributed by atoms with Gasteiger partial charge in [-0.15, -0.1) is 0 Å². The number of carbonyl (C=O) groups excluding carboxylic acids is 1. The molecule has 1 heterocycles. The van der Waals surface area contributed by atoms with Gasteiger partial charge in [-0.1, -0.05) is 18.2 Å². The molecule has 0 atom stereocenters. The fraction of sp³-hybridized carbons (Fsp3) is 0.143. The molecule has 0 bridgehead atoms. The van der Waals surface area contributed by atoms with Crippen molar-refractivity contribution in [3.05, 3.63) is 65.7 Å². The maximum atomic E-state index is 13.4. The second-order valence-corrected chi connectivity index (χ2v) is 3.88. The Kier molecular flexibility index (Phi) is 5.40. The number of hydrogen-bond donors (Lipinski definition) is 0. The van der Waals surface area contributed by atoms with Gasteiger partial charge in [0.2, 0.25) is 0 Å². The number of benzene rings is 1. The lowest BCUT2D eigenvalue weighted by Crippen LogP contribution is -3.00. The van der Waals surface area contributed by atoms with Gasteiger partial charge >= 0.3 is 0 Å². The van der Waals surface area contributed by atoms with Crippen LogP contribution in [0.5, 0.6) is 0 Å². The summed E-state index contributed by atoms with van der Waals surface area (Å²) in [5.41, 5.74) is 1.01. The van der Waals surface area contributed by atoms with Gasteiger partial charge in [0.25, 0.3) is 0 Å². The van der Waals surface area contributed by atoms with Gasteiger partial charge in [0.15, 0.2) is 17.7 Å². The van der Waals surface area contributed by atoms with E-state index >= 15 is 0 Å². The molecular weight excluding hydrogens is 344 g/mol. The van der Waals surface area contributed by atoms with E-state index in [1.165, 1.54) is 12.1 Å². The molecule has 94 valence electrons. The average molecular weight is 357 g/mol. The van der Waals surface area contributed by atoms with Crippen LogP contribution in [0.2, 0.25) is 0 Å². The standard InChI is InChI=1S/C14H13FNO.HI/c1-16-9-5-4-6-11(16)10-14(17)12-7-2-3-8-13(12)15;/h2-9H,10H2,1H3;1H/q+1;/p-1. The Hall–Kier alpha value is -1.30. The molecule has 1 aromatic heterocycles. The van der Waals surface area contributed by atoms with E-state index in [9.17, 15) is 9.18 Å². The van der Waals surface area contributed by atoms with E-state index < -0.39 is 5.82 Å². The van der Waals surface area contributed by atoms with E-state index in [1.807, 2.05) is 36.0 Å². The van der Waals surface area contributed by atoms with Crippen LogP contribution in [0.25, 0.3) is 0 Å². The number of pyridine rings is 1. The molecule has 0 amide bonds. The summed E-state index contributed by atoms with van der Waals surface area (Å²) in [6.07, 6.45) is 2.07. The first-order valence-corrected chi connectivity index (χ1v) is 5.40. The van der Waals surface area contributed by atoms with Crippen molar-refractivity contribution in [2.45, 2.75) is 6.42 Å². The average Bonchev–Trinajstić information content (AvgIpc) is 2.32. The van der Waals surface area contributed by atoms with Crippen molar-refractivity contribution in [3.63, 3.8) is 0 Å². The summed E-state index contributed by atoms with van der Waals surface area (Å²) in [4.78, 5) is 11.9. The molecule has 0 aliphatic carbocycles. The molecule has 18 heavy (non-hydrogen) atoms. The van der Waals surface area contributed by atoms with E-state index in [2.05, 4.69) is 0 Å². The topological polar surface area (TPSA) is 20.9 Å². The molecule has 0 unspecified atom stereocenters. The summed E-state index contributed by atoms with van der Waals surface area (Å²) in [5, 5.41) is 0. The smallest absolute Gasteiger partial charge is 0.188 e. The summed E-state index contributed by atoms with van der Waals surface area (Å²) >= 11 is 0. The highest BCUT2D eigenvalue weighted by atomic mass is 127. The molecule has 0 N–H and O–H groups in total. The molecule has 2 aromatic rings. The van der Waals surface area contributed by atoms with Crippen LogP contribution < -0.4 is 28.5 Å². The zero-order chi connectivity index (χ0) is 12.3. The van der Waals surface area contributed by atoms with Gasteiger partial charge in [-0.05, 0) is 12.1 Å². The second-order valence-electron chi connectivity index (χ2n) is 3.88. The first kappa shape index (κ1) is 14.8. The van der Waals surface area contributed by atoms with E-state index in [4.69, 9.17) is 0 Å². The number of rotatable bonds is 3. The largest absolute Gasteiger partial charge is 1.00 e. The molecule has 0 aliphatic rings. The highest BCUT2D eigenvalue weighted by Crippen LogP contribution is 2.09. The monoisotopic (exact) mass is 357 g/mol. The fourth-order valence-electron chi connectivity index (χ4n) is 1.69. The van der Waals surface area contributed by atoms with Gasteiger partial charge in [-0.3, -0.25) is 4.79 Å². The number of carbonyl (C=O) groups is 1. The Labute approximate surface area is 122 Å². The lowest BCUT2D eigenvalue weighted by atomic mass is 10.1. The predicted octanol–water partition coefficient (Wildman–Crippen LogP) is -0.920. The van der Waals surface area contributed by atoms with Gasteiger partial charge in [0, 0.05) is 12.1 Å². The van der Waals surface area contributed by atoms with E-state index in [0.29, 0.717) is 0 Å². The number of Topliss-reactive ketones (excluding diaryl/α,β-unsaturated/α-hetero) is 1. The summed E-state index contributed by atoms with van der Waals surface area (Å²) in [7, 11) is 1.87. The molecule has 0 saturated heterocycles. The highest BCUT2D eigenvalue weighted by molar-refractivity contribution is 5.97. The van der Waals surface area contributed by atoms with Crippen molar-refractivity contribution in [1.82, 2.24) is 0 Å². The van der Waals surface area contributed by atoms with E-state index in [1.54, 1.807) is 12.1 Å². The Balaban J connectivity index is 0.00000162. The number of nitrogens with zero attached hydrogens (tertiary/aromatic N) is 1. The molecule has 2 rings (SSSR count). The Morgan fingerprint density at radius 2 is 1.83 bits per heavy atom.